The summed E-state index contributed by atoms with van der Waals surface area (Å²) in [5, 5.41) is 1.83. The van der Waals surface area contributed by atoms with Crippen LogP contribution >= 0.6 is 11.6 Å². The maximum absolute atomic E-state index is 13.1. The van der Waals surface area contributed by atoms with Crippen LogP contribution in [-0.4, -0.2) is 17.6 Å². The number of rotatable bonds is 5. The van der Waals surface area contributed by atoms with Crippen molar-refractivity contribution >= 4 is 22.4 Å². The van der Waals surface area contributed by atoms with Gasteiger partial charge >= 0.3 is 0 Å². The number of ether oxygens (including phenoxy) is 1. The number of halogens is 2. The number of unbranched alkanes of at least 4 members (excludes halogenated alkanes) is 1. The van der Waals surface area contributed by atoms with Crippen molar-refractivity contribution in [3.8, 4) is 5.75 Å². The molecule has 0 aliphatic heterocycles. The smallest absolute Gasteiger partial charge is 0.255 e. The third-order valence-electron chi connectivity index (χ3n) is 5.69. The van der Waals surface area contributed by atoms with E-state index in [9.17, 15) is 9.18 Å². The van der Waals surface area contributed by atoms with Crippen LogP contribution in [0.2, 0.25) is 5.02 Å². The Kier molecular flexibility index (Phi) is 8.50. The molecule has 0 radical (unpaired) electrons. The number of hydrogen-bond donors (Lipinski definition) is 2. The summed E-state index contributed by atoms with van der Waals surface area (Å²) in [4.78, 5) is 14.5. The van der Waals surface area contributed by atoms with Gasteiger partial charge in [-0.15, -0.1) is 0 Å². The first-order valence-electron chi connectivity index (χ1n) is 10.9. The van der Waals surface area contributed by atoms with Gasteiger partial charge in [0.25, 0.3) is 5.56 Å². The Morgan fingerprint density at radius 3 is 2.45 bits per heavy atom. The van der Waals surface area contributed by atoms with Crippen molar-refractivity contribution in [2.24, 2.45) is 5.73 Å². The maximum atomic E-state index is 13.1. The van der Waals surface area contributed by atoms with Gasteiger partial charge in [0.05, 0.1) is 11.1 Å². The molecular weight excluding hydrogens is 415 g/mol. The lowest BCUT2D eigenvalue weighted by Crippen LogP contribution is -2.23. The van der Waals surface area contributed by atoms with E-state index in [4.69, 9.17) is 22.1 Å². The number of pyridine rings is 1. The van der Waals surface area contributed by atoms with Crippen LogP contribution in [0.15, 0.2) is 53.5 Å². The molecule has 1 aliphatic carbocycles. The van der Waals surface area contributed by atoms with Gasteiger partial charge in [-0.2, -0.15) is 0 Å². The van der Waals surface area contributed by atoms with E-state index < -0.39 is 0 Å². The summed E-state index contributed by atoms with van der Waals surface area (Å²) in [7, 11) is 0. The van der Waals surface area contributed by atoms with Crippen LogP contribution in [0.4, 0.5) is 4.39 Å². The highest BCUT2D eigenvalue weighted by Gasteiger charge is 2.24. The standard InChI is InChI=1S/C21H19ClFNO2.C4H11N/c22-19-12-18-15(9-10-24-21(18)25)11-20(19)26-17-7-3-14(4-8-17)13-1-5-16(23)6-2-13;1-2-3-4-5/h1-2,5-6,9-12,14,17H,3-4,7-8H2,(H,24,25);2-5H2,1H3. The Bertz CT molecular complexity index is 1030. The lowest BCUT2D eigenvalue weighted by molar-refractivity contribution is 0.146. The average Bonchev–Trinajstić information content (AvgIpc) is 2.77. The summed E-state index contributed by atoms with van der Waals surface area (Å²) in [5.74, 6) is 0.867. The molecule has 1 heterocycles. The normalized spacial score (nSPS) is 18.3. The van der Waals surface area contributed by atoms with E-state index in [0.717, 1.165) is 37.6 Å². The summed E-state index contributed by atoms with van der Waals surface area (Å²) in [6.45, 7) is 2.98. The van der Waals surface area contributed by atoms with Crippen molar-refractivity contribution in [3.63, 3.8) is 0 Å². The number of H-pyrrole nitrogens is 1. The van der Waals surface area contributed by atoms with Crippen LogP contribution in [-0.2, 0) is 0 Å². The van der Waals surface area contributed by atoms with Crippen molar-refractivity contribution in [2.45, 2.75) is 57.5 Å². The highest BCUT2D eigenvalue weighted by molar-refractivity contribution is 6.32. The van der Waals surface area contributed by atoms with Gasteiger partial charge in [0.15, 0.2) is 0 Å². The van der Waals surface area contributed by atoms with E-state index in [-0.39, 0.29) is 17.5 Å². The van der Waals surface area contributed by atoms with Gasteiger partial charge in [0.2, 0.25) is 0 Å². The highest BCUT2D eigenvalue weighted by Crippen LogP contribution is 2.36. The fourth-order valence-corrected chi connectivity index (χ4v) is 4.12. The minimum absolute atomic E-state index is 0.101. The Morgan fingerprint density at radius 1 is 1.13 bits per heavy atom. The molecule has 4 rings (SSSR count). The van der Waals surface area contributed by atoms with E-state index in [1.54, 1.807) is 12.3 Å². The molecule has 3 N–H and O–H groups in total. The maximum Gasteiger partial charge on any atom is 0.255 e. The molecule has 1 aliphatic rings. The zero-order chi connectivity index (χ0) is 22.2. The molecule has 2 aromatic carbocycles. The van der Waals surface area contributed by atoms with E-state index in [2.05, 4.69) is 11.9 Å². The Labute approximate surface area is 187 Å². The molecule has 0 saturated heterocycles. The minimum atomic E-state index is -0.199. The van der Waals surface area contributed by atoms with Crippen LogP contribution in [0.25, 0.3) is 10.8 Å². The molecule has 3 aromatic rings. The zero-order valence-corrected chi connectivity index (χ0v) is 18.6. The quantitative estimate of drug-likeness (QED) is 0.494. The fraction of sp³-hybridized carbons (Fsp3) is 0.400. The fourth-order valence-electron chi connectivity index (χ4n) is 3.91. The summed E-state index contributed by atoms with van der Waals surface area (Å²) in [6.07, 6.45) is 7.95. The number of aromatic amines is 1. The molecule has 4 nitrogen and oxygen atoms in total. The summed E-state index contributed by atoms with van der Waals surface area (Å²) < 4.78 is 19.2. The summed E-state index contributed by atoms with van der Waals surface area (Å²) >= 11 is 6.32. The molecule has 166 valence electrons. The van der Waals surface area contributed by atoms with Gasteiger partial charge in [0.1, 0.15) is 11.6 Å². The average molecular weight is 445 g/mol. The van der Waals surface area contributed by atoms with Gasteiger partial charge in [-0.3, -0.25) is 4.79 Å². The van der Waals surface area contributed by atoms with Crippen LogP contribution in [0.5, 0.6) is 5.75 Å². The Hall–Kier alpha value is -2.37. The Morgan fingerprint density at radius 2 is 1.84 bits per heavy atom. The topological polar surface area (TPSA) is 68.1 Å². The van der Waals surface area contributed by atoms with Crippen molar-refractivity contribution in [2.75, 3.05) is 6.54 Å². The molecule has 0 bridgehead atoms. The SMILES string of the molecule is CCCCN.O=c1[nH]ccc2cc(OC3CCC(c4ccc(F)cc4)CC3)c(Cl)cc12. The third kappa shape index (κ3) is 6.31. The lowest BCUT2D eigenvalue weighted by atomic mass is 9.83. The van der Waals surface area contributed by atoms with Crippen molar-refractivity contribution in [1.29, 1.82) is 0 Å². The molecule has 0 atom stereocenters. The first-order chi connectivity index (χ1) is 15.0. The first-order valence-corrected chi connectivity index (χ1v) is 11.3. The van der Waals surface area contributed by atoms with Crippen LogP contribution in [0.1, 0.15) is 56.9 Å². The largest absolute Gasteiger partial charge is 0.489 e. The van der Waals surface area contributed by atoms with Gasteiger partial charge in [-0.25, -0.2) is 4.39 Å². The molecule has 1 saturated carbocycles. The minimum Gasteiger partial charge on any atom is -0.489 e. The van der Waals surface area contributed by atoms with Gasteiger partial charge in [-0.05, 0) is 85.8 Å². The first kappa shape index (κ1) is 23.3. The monoisotopic (exact) mass is 444 g/mol. The number of fused-ring (bicyclic) bond motifs is 1. The summed E-state index contributed by atoms with van der Waals surface area (Å²) in [6, 6.07) is 12.1. The van der Waals surface area contributed by atoms with Gasteiger partial charge in [-0.1, -0.05) is 37.1 Å². The molecular formula is C25H30ClFN2O2. The summed E-state index contributed by atoms with van der Waals surface area (Å²) in [5.41, 5.74) is 6.17. The number of benzene rings is 2. The van der Waals surface area contributed by atoms with Gasteiger partial charge < -0.3 is 15.5 Å². The van der Waals surface area contributed by atoms with Crippen LogP contribution in [0, 0.1) is 5.82 Å². The molecule has 0 spiro atoms. The van der Waals surface area contributed by atoms with Crippen molar-refractivity contribution in [3.05, 3.63) is 75.4 Å². The zero-order valence-electron chi connectivity index (χ0n) is 17.9. The van der Waals surface area contributed by atoms with Gasteiger partial charge in [0, 0.05) is 11.6 Å². The molecule has 1 aromatic heterocycles. The van der Waals surface area contributed by atoms with Crippen LogP contribution < -0.4 is 16.0 Å². The molecule has 1 fully saturated rings. The van der Waals surface area contributed by atoms with E-state index in [0.29, 0.717) is 22.1 Å². The van der Waals surface area contributed by atoms with E-state index in [1.807, 2.05) is 24.3 Å². The number of nitrogens with two attached hydrogens (primary N) is 1. The number of aromatic nitrogens is 1. The molecule has 6 heteroatoms. The Balaban J connectivity index is 0.000000491. The second-order valence-electron chi connectivity index (χ2n) is 7.96. The van der Waals surface area contributed by atoms with Crippen LogP contribution in [0.3, 0.4) is 0 Å². The second kappa shape index (κ2) is 11.3. The third-order valence-corrected chi connectivity index (χ3v) is 5.99. The molecule has 0 amide bonds. The molecule has 31 heavy (non-hydrogen) atoms. The molecule has 0 unspecified atom stereocenters. The highest BCUT2D eigenvalue weighted by atomic mass is 35.5. The second-order valence-corrected chi connectivity index (χ2v) is 8.37. The lowest BCUT2D eigenvalue weighted by Gasteiger charge is -2.29. The predicted molar refractivity (Wildman–Crippen MR) is 126 cm³/mol. The van der Waals surface area contributed by atoms with Crippen molar-refractivity contribution < 1.29 is 9.13 Å². The number of nitrogens with one attached hydrogen (secondary N) is 1. The van der Waals surface area contributed by atoms with E-state index >= 15 is 0 Å². The van der Waals surface area contributed by atoms with Crippen molar-refractivity contribution in [1.82, 2.24) is 4.98 Å². The van der Waals surface area contributed by atoms with E-state index in [1.165, 1.54) is 30.5 Å². The number of hydrogen-bond acceptors (Lipinski definition) is 3. The predicted octanol–water partition coefficient (Wildman–Crippen LogP) is 6.17.